The fourth-order valence-electron chi connectivity index (χ4n) is 5.55. The van der Waals surface area contributed by atoms with Crippen LogP contribution in [0, 0.1) is 6.92 Å². The predicted octanol–water partition coefficient (Wildman–Crippen LogP) is 7.26. The number of ether oxygens (including phenoxy) is 1. The Morgan fingerprint density at radius 1 is 1.03 bits per heavy atom. The number of benzene rings is 2. The topological polar surface area (TPSA) is 46.5 Å². The maximum Gasteiger partial charge on any atom is 0.322 e. The minimum absolute atomic E-state index is 0.0838. The van der Waals surface area contributed by atoms with Crippen LogP contribution >= 0.6 is 11.3 Å². The number of nitrogens with zero attached hydrogens (tertiary/aromatic N) is 2. The minimum Gasteiger partial charge on any atom is -0.494 e. The van der Waals surface area contributed by atoms with Gasteiger partial charge in [-0.05, 0) is 86.6 Å². The van der Waals surface area contributed by atoms with Gasteiger partial charge in [-0.3, -0.25) is 0 Å². The third kappa shape index (κ3) is 3.99. The Kier molecular flexibility index (Phi) is 6.05. The van der Waals surface area contributed by atoms with E-state index in [2.05, 4.69) is 40.3 Å². The molecule has 1 aliphatic carbocycles. The van der Waals surface area contributed by atoms with Gasteiger partial charge in [0.2, 0.25) is 0 Å². The second kappa shape index (κ2) is 9.51. The first-order valence-corrected chi connectivity index (χ1v) is 13.6. The maximum absolute atomic E-state index is 14.0. The van der Waals surface area contributed by atoms with Gasteiger partial charge in [0, 0.05) is 22.3 Å². The first kappa shape index (κ1) is 22.9. The number of carbonyl (C=O) groups excluding carboxylic acids is 1. The van der Waals surface area contributed by atoms with Crippen molar-refractivity contribution in [3.63, 3.8) is 0 Å². The number of urea groups is 1. The molecule has 0 saturated carbocycles. The molecule has 6 heteroatoms. The van der Waals surface area contributed by atoms with E-state index in [0.717, 1.165) is 41.1 Å². The van der Waals surface area contributed by atoms with Crippen LogP contribution in [0.3, 0.4) is 0 Å². The molecule has 1 atom stereocenters. The summed E-state index contributed by atoms with van der Waals surface area (Å²) < 4.78 is 8.02. The molecule has 2 aliphatic rings. The zero-order valence-corrected chi connectivity index (χ0v) is 21.6. The molecule has 0 unspecified atom stereocenters. The summed E-state index contributed by atoms with van der Waals surface area (Å²) in [5, 5.41) is 4.49. The van der Waals surface area contributed by atoms with Gasteiger partial charge < -0.3 is 19.5 Å². The molecule has 0 saturated heterocycles. The van der Waals surface area contributed by atoms with Gasteiger partial charge in [-0.15, -0.1) is 11.3 Å². The summed E-state index contributed by atoms with van der Waals surface area (Å²) in [5.41, 5.74) is 6.84. The second-order valence-electron chi connectivity index (χ2n) is 9.58. The van der Waals surface area contributed by atoms with E-state index in [1.165, 1.54) is 33.8 Å². The zero-order valence-electron chi connectivity index (χ0n) is 20.8. The van der Waals surface area contributed by atoms with Crippen molar-refractivity contribution in [1.82, 2.24) is 9.47 Å². The molecule has 1 N–H and O–H groups in total. The molecule has 1 aliphatic heterocycles. The van der Waals surface area contributed by atoms with Crippen LogP contribution in [-0.2, 0) is 19.4 Å². The lowest BCUT2D eigenvalue weighted by Gasteiger charge is -2.31. The van der Waals surface area contributed by atoms with Crippen molar-refractivity contribution in [3.05, 3.63) is 99.7 Å². The van der Waals surface area contributed by atoms with Crippen molar-refractivity contribution in [3.8, 4) is 10.8 Å². The average Bonchev–Trinajstić information content (AvgIpc) is 3.48. The molecule has 5 nitrogen and oxygen atoms in total. The summed E-state index contributed by atoms with van der Waals surface area (Å²) in [6.07, 6.45) is 6.85. The highest BCUT2D eigenvalue weighted by atomic mass is 32.1. The van der Waals surface area contributed by atoms with E-state index in [4.69, 9.17) is 4.74 Å². The summed E-state index contributed by atoms with van der Waals surface area (Å²) in [6.45, 7) is 5.23. The first-order valence-electron chi connectivity index (χ1n) is 12.8. The molecule has 0 fully saturated rings. The monoisotopic (exact) mass is 497 g/mol. The Morgan fingerprint density at radius 2 is 1.83 bits per heavy atom. The fourth-order valence-corrected chi connectivity index (χ4v) is 6.95. The van der Waals surface area contributed by atoms with E-state index in [1.54, 1.807) is 0 Å². The Hall–Kier alpha value is -3.51. The highest BCUT2D eigenvalue weighted by molar-refractivity contribution is 7.15. The number of fused-ring (bicyclic) bond motifs is 5. The molecule has 4 aromatic rings. The van der Waals surface area contributed by atoms with Gasteiger partial charge in [0.25, 0.3) is 0 Å². The van der Waals surface area contributed by atoms with Crippen LogP contribution in [0.15, 0.2) is 66.9 Å². The van der Waals surface area contributed by atoms with Gasteiger partial charge in [0.1, 0.15) is 10.8 Å². The number of amides is 2. The molecular weight excluding hydrogens is 466 g/mol. The number of nitrogens with one attached hydrogen (secondary N) is 1. The van der Waals surface area contributed by atoms with E-state index in [0.29, 0.717) is 13.2 Å². The van der Waals surface area contributed by atoms with E-state index in [-0.39, 0.29) is 12.1 Å². The Morgan fingerprint density at radius 3 is 2.64 bits per heavy atom. The standard InChI is InChI=1S/C30H31N3O2S/c1-3-35-22-16-14-21(15-17-22)28-26-12-8-18-32(26)29-24(23-10-5-7-13-27(23)36-29)19-33(28)30(34)31-25-11-6-4-9-20(25)2/h4,6,8-9,11-12,14-18,28H,3,5,7,10,13,19H2,1-2H3,(H,31,34)/t28-/m1/s1. The molecule has 2 aromatic carbocycles. The normalized spacial score (nSPS) is 16.5. The maximum atomic E-state index is 14.0. The molecular formula is C30H31N3O2S. The van der Waals surface area contributed by atoms with Gasteiger partial charge in [-0.2, -0.15) is 0 Å². The Balaban J connectivity index is 1.48. The van der Waals surface area contributed by atoms with Crippen molar-refractivity contribution < 1.29 is 9.53 Å². The van der Waals surface area contributed by atoms with E-state index in [9.17, 15) is 4.79 Å². The molecule has 0 bridgehead atoms. The van der Waals surface area contributed by atoms with E-state index in [1.807, 2.05) is 66.5 Å². The highest BCUT2D eigenvalue weighted by Gasteiger charge is 2.36. The van der Waals surface area contributed by atoms with Crippen LogP contribution in [0.4, 0.5) is 10.5 Å². The van der Waals surface area contributed by atoms with Gasteiger partial charge in [-0.1, -0.05) is 30.3 Å². The SMILES string of the molecule is CCOc1ccc([C@@H]2c3cccn3-c3sc4c(c3CN2C(=O)Nc2ccccc2C)CCCC4)cc1. The Bertz CT molecular complexity index is 1400. The number of hydrogen-bond acceptors (Lipinski definition) is 3. The number of hydrogen-bond donors (Lipinski definition) is 1. The molecule has 0 spiro atoms. The molecule has 36 heavy (non-hydrogen) atoms. The van der Waals surface area contributed by atoms with E-state index >= 15 is 0 Å². The molecule has 6 rings (SSSR count). The number of carbonyl (C=O) groups is 1. The summed E-state index contributed by atoms with van der Waals surface area (Å²) in [7, 11) is 0. The van der Waals surface area contributed by atoms with Gasteiger partial charge in [0.15, 0.2) is 0 Å². The molecule has 0 radical (unpaired) electrons. The third-order valence-electron chi connectivity index (χ3n) is 7.33. The van der Waals surface area contributed by atoms with Crippen molar-refractivity contribution in [1.29, 1.82) is 0 Å². The number of rotatable bonds is 4. The summed E-state index contributed by atoms with van der Waals surface area (Å²) in [6, 6.07) is 20.1. The lowest BCUT2D eigenvalue weighted by Crippen LogP contribution is -2.38. The van der Waals surface area contributed by atoms with Gasteiger partial charge in [-0.25, -0.2) is 4.79 Å². The zero-order chi connectivity index (χ0) is 24.6. The molecule has 3 heterocycles. The second-order valence-corrected chi connectivity index (χ2v) is 10.7. The van der Waals surface area contributed by atoms with Crippen molar-refractivity contribution >= 4 is 23.1 Å². The van der Waals surface area contributed by atoms with Crippen LogP contribution in [0.25, 0.3) is 5.00 Å². The smallest absolute Gasteiger partial charge is 0.322 e. The van der Waals surface area contributed by atoms with Crippen LogP contribution in [-0.4, -0.2) is 22.1 Å². The molecule has 184 valence electrons. The average molecular weight is 498 g/mol. The number of aromatic nitrogens is 1. The van der Waals surface area contributed by atoms with Gasteiger partial charge >= 0.3 is 6.03 Å². The number of aryl methyl sites for hydroxylation is 2. The number of thiophene rings is 1. The quantitative estimate of drug-likeness (QED) is 0.322. The van der Waals surface area contributed by atoms with Crippen molar-refractivity contribution in [2.75, 3.05) is 11.9 Å². The van der Waals surface area contributed by atoms with Crippen LogP contribution in [0.5, 0.6) is 5.75 Å². The molecule has 2 amide bonds. The summed E-state index contributed by atoms with van der Waals surface area (Å²) in [4.78, 5) is 17.5. The van der Waals surface area contributed by atoms with Gasteiger partial charge in [0.05, 0.1) is 24.9 Å². The van der Waals surface area contributed by atoms with Crippen LogP contribution in [0.1, 0.15) is 58.6 Å². The third-order valence-corrected chi connectivity index (χ3v) is 8.67. The lowest BCUT2D eigenvalue weighted by atomic mass is 9.95. The lowest BCUT2D eigenvalue weighted by molar-refractivity contribution is 0.194. The van der Waals surface area contributed by atoms with Crippen LogP contribution in [0.2, 0.25) is 0 Å². The number of para-hydroxylation sites is 1. The summed E-state index contributed by atoms with van der Waals surface area (Å²) >= 11 is 1.91. The molecule has 2 aromatic heterocycles. The highest BCUT2D eigenvalue weighted by Crippen LogP contribution is 2.44. The van der Waals surface area contributed by atoms with E-state index < -0.39 is 0 Å². The number of anilines is 1. The predicted molar refractivity (Wildman–Crippen MR) is 145 cm³/mol. The minimum atomic E-state index is -0.224. The fraction of sp³-hybridized carbons (Fsp3) is 0.300. The largest absolute Gasteiger partial charge is 0.494 e. The van der Waals surface area contributed by atoms with Crippen molar-refractivity contribution in [2.45, 2.75) is 52.1 Å². The first-order chi connectivity index (χ1) is 17.6. The summed E-state index contributed by atoms with van der Waals surface area (Å²) in [5.74, 6) is 0.842. The van der Waals surface area contributed by atoms with Crippen molar-refractivity contribution in [2.24, 2.45) is 0 Å². The van der Waals surface area contributed by atoms with Crippen LogP contribution < -0.4 is 10.1 Å². The Labute approximate surface area is 216 Å².